The molecular formula is C10H16N4O4S. The number of likely N-dealkylation sites (N-methyl/N-ethyl adjacent to an activating group) is 1. The molecule has 19 heavy (non-hydrogen) atoms. The first-order chi connectivity index (χ1) is 8.82. The van der Waals surface area contributed by atoms with Crippen molar-refractivity contribution in [2.75, 3.05) is 33.2 Å². The molecule has 106 valence electrons. The van der Waals surface area contributed by atoms with Gasteiger partial charge in [0.1, 0.15) is 0 Å². The summed E-state index contributed by atoms with van der Waals surface area (Å²) in [4.78, 5) is 28.7. The molecule has 9 heteroatoms. The van der Waals surface area contributed by atoms with E-state index in [9.17, 15) is 18.0 Å². The van der Waals surface area contributed by atoms with E-state index in [0.29, 0.717) is 26.2 Å². The highest BCUT2D eigenvalue weighted by atomic mass is 32.2. The summed E-state index contributed by atoms with van der Waals surface area (Å²) in [5.41, 5.74) is -1.52. The number of aromatic nitrogens is 2. The summed E-state index contributed by atoms with van der Waals surface area (Å²) in [6, 6.07) is 0. The Bertz CT molecular complexity index is 682. The minimum absolute atomic E-state index is 0.0627. The van der Waals surface area contributed by atoms with Crippen LogP contribution in [0, 0.1) is 6.92 Å². The molecule has 1 aliphatic heterocycles. The highest BCUT2D eigenvalue weighted by Gasteiger charge is 2.31. The second-order valence-corrected chi connectivity index (χ2v) is 6.44. The lowest BCUT2D eigenvalue weighted by atomic mass is 10.4. The van der Waals surface area contributed by atoms with Crippen LogP contribution in [0.5, 0.6) is 0 Å². The lowest BCUT2D eigenvalue weighted by Gasteiger charge is -2.31. The molecule has 0 amide bonds. The Morgan fingerprint density at radius 2 is 1.63 bits per heavy atom. The van der Waals surface area contributed by atoms with E-state index in [1.165, 1.54) is 11.2 Å². The number of hydrogen-bond acceptors (Lipinski definition) is 5. The number of rotatable bonds is 2. The average molecular weight is 288 g/mol. The Balaban J connectivity index is 2.46. The SMILES string of the molecule is Cc1[nH]c(=O)[nH]c(=O)c1S(=O)(=O)N1CCN(C)CC1. The fourth-order valence-corrected chi connectivity index (χ4v) is 3.68. The predicted molar refractivity (Wildman–Crippen MR) is 68.7 cm³/mol. The van der Waals surface area contributed by atoms with Gasteiger partial charge in [-0.1, -0.05) is 0 Å². The molecule has 0 spiro atoms. The maximum atomic E-state index is 12.4. The molecule has 0 atom stereocenters. The molecule has 0 unspecified atom stereocenters. The van der Waals surface area contributed by atoms with E-state index < -0.39 is 21.3 Å². The zero-order chi connectivity index (χ0) is 14.2. The average Bonchev–Trinajstić information content (AvgIpc) is 2.27. The largest absolute Gasteiger partial charge is 0.325 e. The van der Waals surface area contributed by atoms with Crippen molar-refractivity contribution < 1.29 is 8.42 Å². The molecule has 0 saturated carbocycles. The van der Waals surface area contributed by atoms with Crippen LogP contribution in [0.2, 0.25) is 0 Å². The predicted octanol–water partition coefficient (Wildman–Crippen LogP) is -1.69. The third-order valence-electron chi connectivity index (χ3n) is 3.14. The highest BCUT2D eigenvalue weighted by Crippen LogP contribution is 2.15. The van der Waals surface area contributed by atoms with Gasteiger partial charge in [-0.2, -0.15) is 4.31 Å². The molecule has 1 aromatic heterocycles. The molecule has 2 heterocycles. The van der Waals surface area contributed by atoms with Crippen LogP contribution in [-0.4, -0.2) is 60.8 Å². The van der Waals surface area contributed by atoms with E-state index in [1.54, 1.807) is 0 Å². The topological polar surface area (TPSA) is 106 Å². The molecule has 1 aromatic rings. The monoisotopic (exact) mass is 288 g/mol. The number of nitrogens with zero attached hydrogens (tertiary/aromatic N) is 2. The van der Waals surface area contributed by atoms with E-state index >= 15 is 0 Å². The first-order valence-electron chi connectivity index (χ1n) is 5.84. The minimum atomic E-state index is -3.87. The Morgan fingerprint density at radius 1 is 1.05 bits per heavy atom. The van der Waals surface area contributed by atoms with Crippen molar-refractivity contribution in [2.45, 2.75) is 11.8 Å². The summed E-state index contributed by atoms with van der Waals surface area (Å²) < 4.78 is 26.1. The Labute approximate surface area is 110 Å². The number of hydrogen-bond donors (Lipinski definition) is 2. The normalized spacial score (nSPS) is 18.6. The molecule has 0 bridgehead atoms. The van der Waals surface area contributed by atoms with Gasteiger partial charge in [-0.3, -0.25) is 9.78 Å². The van der Waals surface area contributed by atoms with Gasteiger partial charge in [-0.25, -0.2) is 13.2 Å². The molecule has 0 aliphatic carbocycles. The van der Waals surface area contributed by atoms with Crippen molar-refractivity contribution in [1.82, 2.24) is 19.2 Å². The van der Waals surface area contributed by atoms with Gasteiger partial charge in [0.25, 0.3) is 5.56 Å². The van der Waals surface area contributed by atoms with Crippen LogP contribution in [0.15, 0.2) is 14.5 Å². The minimum Gasteiger partial charge on any atom is -0.310 e. The van der Waals surface area contributed by atoms with Crippen molar-refractivity contribution in [3.05, 3.63) is 26.5 Å². The van der Waals surface area contributed by atoms with Crippen LogP contribution < -0.4 is 11.2 Å². The number of aryl methyl sites for hydroxylation is 1. The number of H-pyrrole nitrogens is 2. The first kappa shape index (κ1) is 14.0. The molecule has 1 saturated heterocycles. The van der Waals surface area contributed by atoms with Gasteiger partial charge in [-0.05, 0) is 14.0 Å². The second-order valence-electron chi connectivity index (χ2n) is 4.57. The highest BCUT2D eigenvalue weighted by molar-refractivity contribution is 7.89. The lowest BCUT2D eigenvalue weighted by Crippen LogP contribution is -2.48. The summed E-state index contributed by atoms with van der Waals surface area (Å²) in [6.45, 7) is 3.28. The van der Waals surface area contributed by atoms with Gasteiger partial charge in [0.15, 0.2) is 4.90 Å². The Kier molecular flexibility index (Phi) is 3.61. The van der Waals surface area contributed by atoms with Crippen molar-refractivity contribution in [1.29, 1.82) is 0 Å². The summed E-state index contributed by atoms with van der Waals surface area (Å²) in [5, 5.41) is 0. The van der Waals surface area contributed by atoms with Crippen molar-refractivity contribution in [3.63, 3.8) is 0 Å². The van der Waals surface area contributed by atoms with Crippen LogP contribution in [0.3, 0.4) is 0 Å². The maximum absolute atomic E-state index is 12.4. The number of aromatic amines is 2. The van der Waals surface area contributed by atoms with Gasteiger partial charge in [0.2, 0.25) is 10.0 Å². The molecule has 0 aromatic carbocycles. The molecule has 2 N–H and O–H groups in total. The Morgan fingerprint density at radius 3 is 2.16 bits per heavy atom. The maximum Gasteiger partial charge on any atom is 0.325 e. The second kappa shape index (κ2) is 4.91. The van der Waals surface area contributed by atoms with Gasteiger partial charge in [-0.15, -0.1) is 0 Å². The number of piperazine rings is 1. The zero-order valence-electron chi connectivity index (χ0n) is 10.8. The van der Waals surface area contributed by atoms with Crippen molar-refractivity contribution in [3.8, 4) is 0 Å². The molecular weight excluding hydrogens is 272 g/mol. The molecule has 1 aliphatic rings. The van der Waals surface area contributed by atoms with E-state index in [1.807, 2.05) is 16.9 Å². The summed E-state index contributed by atoms with van der Waals surface area (Å²) in [7, 11) is -1.97. The van der Waals surface area contributed by atoms with Crippen LogP contribution >= 0.6 is 0 Å². The summed E-state index contributed by atoms with van der Waals surface area (Å²) in [6.07, 6.45) is 0. The Hall–Kier alpha value is -1.45. The van der Waals surface area contributed by atoms with Crippen molar-refractivity contribution in [2.24, 2.45) is 0 Å². The standard InChI is InChI=1S/C10H16N4O4S/c1-7-8(9(15)12-10(16)11-7)19(17,18)14-5-3-13(2)4-6-14/h3-6H2,1-2H3,(H2,11,12,15,16). The van der Waals surface area contributed by atoms with Gasteiger partial charge in [0.05, 0.1) is 0 Å². The summed E-state index contributed by atoms with van der Waals surface area (Å²) in [5.74, 6) is 0. The number of sulfonamides is 1. The van der Waals surface area contributed by atoms with Gasteiger partial charge < -0.3 is 9.88 Å². The van der Waals surface area contributed by atoms with Gasteiger partial charge >= 0.3 is 5.69 Å². The quantitative estimate of drug-likeness (QED) is 0.675. The van der Waals surface area contributed by atoms with E-state index in [0.717, 1.165) is 0 Å². The lowest BCUT2D eigenvalue weighted by molar-refractivity contribution is 0.222. The van der Waals surface area contributed by atoms with Crippen LogP contribution in [-0.2, 0) is 10.0 Å². The van der Waals surface area contributed by atoms with E-state index in [-0.39, 0.29) is 10.6 Å². The fraction of sp³-hybridized carbons (Fsp3) is 0.600. The fourth-order valence-electron chi connectivity index (χ4n) is 2.06. The van der Waals surface area contributed by atoms with Crippen LogP contribution in [0.1, 0.15) is 5.69 Å². The van der Waals surface area contributed by atoms with E-state index in [4.69, 9.17) is 0 Å². The van der Waals surface area contributed by atoms with Crippen LogP contribution in [0.4, 0.5) is 0 Å². The first-order valence-corrected chi connectivity index (χ1v) is 7.28. The third kappa shape index (κ3) is 2.62. The molecule has 1 fully saturated rings. The molecule has 0 radical (unpaired) electrons. The number of nitrogens with one attached hydrogen (secondary N) is 2. The zero-order valence-corrected chi connectivity index (χ0v) is 11.6. The smallest absolute Gasteiger partial charge is 0.310 e. The van der Waals surface area contributed by atoms with Crippen molar-refractivity contribution >= 4 is 10.0 Å². The van der Waals surface area contributed by atoms with Gasteiger partial charge in [0, 0.05) is 31.9 Å². The van der Waals surface area contributed by atoms with E-state index in [2.05, 4.69) is 4.98 Å². The molecule has 8 nitrogen and oxygen atoms in total. The summed E-state index contributed by atoms with van der Waals surface area (Å²) >= 11 is 0. The molecule has 2 rings (SSSR count). The van der Waals surface area contributed by atoms with Crippen LogP contribution in [0.25, 0.3) is 0 Å². The third-order valence-corrected chi connectivity index (χ3v) is 5.19.